The summed E-state index contributed by atoms with van der Waals surface area (Å²) in [4.78, 5) is 45.3. The molecule has 2 aromatic heterocycles. The quantitative estimate of drug-likeness (QED) is 0.272. The zero-order chi connectivity index (χ0) is 32.5. The number of methoxy groups -OCH3 is 2. The number of piperidine rings is 1. The van der Waals surface area contributed by atoms with Gasteiger partial charge < -0.3 is 30.7 Å². The van der Waals surface area contributed by atoms with E-state index in [1.165, 1.54) is 6.42 Å². The Kier molecular flexibility index (Phi) is 10.4. The second kappa shape index (κ2) is 15.0. The van der Waals surface area contributed by atoms with Gasteiger partial charge in [0.1, 0.15) is 22.9 Å². The summed E-state index contributed by atoms with van der Waals surface area (Å²) in [5.74, 6) is 1.38. The first-order chi connectivity index (χ1) is 22.4. The molecule has 6 rings (SSSR count). The van der Waals surface area contributed by atoms with E-state index >= 15 is 0 Å². The number of hydrogen-bond donors (Lipinski definition) is 2. The van der Waals surface area contributed by atoms with Crippen LogP contribution in [0.4, 0.5) is 11.9 Å². The molecule has 0 aliphatic carbocycles. The third-order valence-electron chi connectivity index (χ3n) is 7.66. The molecule has 46 heavy (non-hydrogen) atoms. The fourth-order valence-corrected chi connectivity index (χ4v) is 5.25. The van der Waals surface area contributed by atoms with Crippen molar-refractivity contribution in [3.05, 3.63) is 84.2 Å². The minimum atomic E-state index is -0.572. The third kappa shape index (κ3) is 7.76. The highest BCUT2D eigenvalue weighted by Gasteiger charge is 2.19. The fraction of sp³-hybridized carbons (Fsp3) is 0.294. The van der Waals surface area contributed by atoms with E-state index in [1.807, 2.05) is 53.4 Å². The minimum Gasteiger partial charge on any atom is -0.497 e. The summed E-state index contributed by atoms with van der Waals surface area (Å²) < 4.78 is 10.6. The zero-order valence-electron chi connectivity index (χ0n) is 26.1. The van der Waals surface area contributed by atoms with Crippen LogP contribution in [0.25, 0.3) is 22.5 Å². The van der Waals surface area contributed by atoms with E-state index in [-0.39, 0.29) is 11.4 Å². The number of nitrogens with two attached hydrogens (primary N) is 2. The van der Waals surface area contributed by atoms with Gasteiger partial charge in [0.15, 0.2) is 0 Å². The van der Waals surface area contributed by atoms with Gasteiger partial charge in [0.2, 0.25) is 11.9 Å². The predicted octanol–water partition coefficient (Wildman–Crippen LogP) is 4.26. The summed E-state index contributed by atoms with van der Waals surface area (Å²) in [6.45, 7) is 3.33. The summed E-state index contributed by atoms with van der Waals surface area (Å²) in [6.07, 6.45) is 8.54. The number of carbonyl (C=O) groups is 2. The Morgan fingerprint density at radius 3 is 2.02 bits per heavy atom. The van der Waals surface area contributed by atoms with Crippen molar-refractivity contribution >= 4 is 23.7 Å². The van der Waals surface area contributed by atoms with E-state index in [0.717, 1.165) is 55.8 Å². The molecule has 0 spiro atoms. The Morgan fingerprint density at radius 1 is 0.696 bits per heavy atom. The lowest BCUT2D eigenvalue weighted by atomic mass is 10.1. The first-order valence-electron chi connectivity index (χ1n) is 15.2. The maximum Gasteiger partial charge on any atom is 0.267 e. The Hall–Kier alpha value is -5.52. The van der Waals surface area contributed by atoms with Gasteiger partial charge in [-0.3, -0.25) is 9.59 Å². The molecule has 12 nitrogen and oxygen atoms in total. The van der Waals surface area contributed by atoms with Crippen LogP contribution < -0.4 is 30.7 Å². The van der Waals surface area contributed by atoms with E-state index < -0.39 is 11.8 Å². The van der Waals surface area contributed by atoms with E-state index in [1.54, 1.807) is 26.4 Å². The van der Waals surface area contributed by atoms with E-state index in [0.29, 0.717) is 35.6 Å². The Bertz CT molecular complexity index is 1720. The molecule has 4 heterocycles. The SMILES string of the molecule is COc1cccc(-c2cc(C(N)=O)nc(N3CCCCC3)n2)c1.COc1ccccc1-c1cc(C(N)=O)nc(N2CC=CCC2)n1. The number of rotatable bonds is 8. The molecular weight excluding hydrogens is 584 g/mol. The number of nitrogens with zero attached hydrogens (tertiary/aromatic N) is 6. The van der Waals surface area contributed by atoms with Crippen LogP contribution >= 0.6 is 0 Å². The summed E-state index contributed by atoms with van der Waals surface area (Å²) in [5, 5.41) is 0. The molecule has 4 N–H and O–H groups in total. The lowest BCUT2D eigenvalue weighted by Crippen LogP contribution is -2.31. The highest BCUT2D eigenvalue weighted by atomic mass is 16.5. The second-order valence-corrected chi connectivity index (χ2v) is 10.8. The third-order valence-corrected chi connectivity index (χ3v) is 7.66. The van der Waals surface area contributed by atoms with Gasteiger partial charge in [0.05, 0.1) is 25.6 Å². The molecule has 0 atom stereocenters. The topological polar surface area (TPSA) is 163 Å². The van der Waals surface area contributed by atoms with Crippen LogP contribution in [0, 0.1) is 0 Å². The van der Waals surface area contributed by atoms with E-state index in [9.17, 15) is 9.59 Å². The van der Waals surface area contributed by atoms with Crippen LogP contribution in [0.3, 0.4) is 0 Å². The molecule has 4 aromatic rings. The average Bonchev–Trinajstić information content (AvgIpc) is 3.12. The Balaban J connectivity index is 0.000000181. The molecule has 2 amide bonds. The lowest BCUT2D eigenvalue weighted by molar-refractivity contribution is 0.0987. The van der Waals surface area contributed by atoms with Crippen molar-refractivity contribution < 1.29 is 19.1 Å². The highest BCUT2D eigenvalue weighted by Crippen LogP contribution is 2.30. The van der Waals surface area contributed by atoms with Crippen molar-refractivity contribution in [2.24, 2.45) is 11.5 Å². The molecule has 1 fully saturated rings. The van der Waals surface area contributed by atoms with Gasteiger partial charge in [-0.05, 0) is 62.1 Å². The van der Waals surface area contributed by atoms with Gasteiger partial charge in [-0.1, -0.05) is 36.4 Å². The first kappa shape index (κ1) is 31.9. The number of carbonyl (C=O) groups excluding carboxylic acids is 2. The summed E-state index contributed by atoms with van der Waals surface area (Å²) in [5.41, 5.74) is 14.3. The predicted molar refractivity (Wildman–Crippen MR) is 177 cm³/mol. The monoisotopic (exact) mass is 622 g/mol. The van der Waals surface area contributed by atoms with Crippen molar-refractivity contribution in [2.45, 2.75) is 25.7 Å². The molecule has 0 unspecified atom stereocenters. The van der Waals surface area contributed by atoms with Crippen LogP contribution in [0.15, 0.2) is 72.8 Å². The number of amides is 2. The van der Waals surface area contributed by atoms with E-state index in [4.69, 9.17) is 20.9 Å². The van der Waals surface area contributed by atoms with Crippen LogP contribution in [0.2, 0.25) is 0 Å². The van der Waals surface area contributed by atoms with Gasteiger partial charge in [-0.15, -0.1) is 0 Å². The molecule has 0 radical (unpaired) electrons. The number of ether oxygens (including phenoxy) is 2. The van der Waals surface area contributed by atoms with Gasteiger partial charge in [-0.25, -0.2) is 19.9 Å². The molecular formula is C34H38N8O4. The molecule has 2 aromatic carbocycles. The maximum atomic E-state index is 11.6. The molecule has 2 aliphatic heterocycles. The molecule has 0 bridgehead atoms. The van der Waals surface area contributed by atoms with Crippen molar-refractivity contribution in [2.75, 3.05) is 50.2 Å². The molecule has 12 heteroatoms. The van der Waals surface area contributed by atoms with Crippen molar-refractivity contribution in [3.8, 4) is 34.0 Å². The van der Waals surface area contributed by atoms with Gasteiger partial charge in [0.25, 0.3) is 11.8 Å². The number of primary amides is 2. The zero-order valence-corrected chi connectivity index (χ0v) is 26.1. The number of anilines is 2. The molecule has 238 valence electrons. The first-order valence-corrected chi connectivity index (χ1v) is 15.2. The number of hydrogen-bond acceptors (Lipinski definition) is 10. The highest BCUT2D eigenvalue weighted by molar-refractivity contribution is 5.93. The molecule has 2 aliphatic rings. The number of para-hydroxylation sites is 1. The maximum absolute atomic E-state index is 11.6. The summed E-state index contributed by atoms with van der Waals surface area (Å²) >= 11 is 0. The second-order valence-electron chi connectivity index (χ2n) is 10.8. The molecule has 0 saturated carbocycles. The Morgan fingerprint density at radius 2 is 1.37 bits per heavy atom. The van der Waals surface area contributed by atoms with Gasteiger partial charge >= 0.3 is 0 Å². The van der Waals surface area contributed by atoms with Gasteiger partial charge in [-0.2, -0.15) is 0 Å². The van der Waals surface area contributed by atoms with Crippen LogP contribution in [0.5, 0.6) is 11.5 Å². The van der Waals surface area contributed by atoms with Crippen molar-refractivity contribution in [1.82, 2.24) is 19.9 Å². The molecule has 1 saturated heterocycles. The summed E-state index contributed by atoms with van der Waals surface area (Å²) in [7, 11) is 3.22. The Labute approximate surface area is 268 Å². The standard InChI is InChI=1S/C17H18N4O2.C17H20N4O2/c1-23-15-8-4-3-7-12(15)13-11-14(16(18)22)20-17(19-13)21-9-5-2-6-10-21;1-23-13-7-5-6-12(10-13)14-11-15(16(18)22)20-17(19-14)21-8-3-2-4-9-21/h2-5,7-8,11H,6,9-10H2,1H3,(H2,18,22);5-7,10-11H,2-4,8-9H2,1H3,(H2,18,22). The number of benzene rings is 2. The summed E-state index contributed by atoms with van der Waals surface area (Å²) in [6, 6.07) is 18.3. The van der Waals surface area contributed by atoms with Crippen LogP contribution in [-0.2, 0) is 0 Å². The van der Waals surface area contributed by atoms with Crippen LogP contribution in [0.1, 0.15) is 46.7 Å². The largest absolute Gasteiger partial charge is 0.497 e. The van der Waals surface area contributed by atoms with Crippen molar-refractivity contribution in [1.29, 1.82) is 0 Å². The minimum absolute atomic E-state index is 0.199. The average molecular weight is 623 g/mol. The van der Waals surface area contributed by atoms with E-state index in [2.05, 4.69) is 37.0 Å². The fourth-order valence-electron chi connectivity index (χ4n) is 5.25. The smallest absolute Gasteiger partial charge is 0.267 e. The van der Waals surface area contributed by atoms with Gasteiger partial charge in [0, 0.05) is 37.3 Å². The number of aromatic nitrogens is 4. The lowest BCUT2D eigenvalue weighted by Gasteiger charge is -2.27. The van der Waals surface area contributed by atoms with Crippen molar-refractivity contribution in [3.63, 3.8) is 0 Å². The van der Waals surface area contributed by atoms with Crippen LogP contribution in [-0.4, -0.2) is 72.1 Å². The normalized spacial score (nSPS) is 14.2.